The summed E-state index contributed by atoms with van der Waals surface area (Å²) in [6, 6.07) is 0. The van der Waals surface area contributed by atoms with Gasteiger partial charge in [0.1, 0.15) is 0 Å². The maximum absolute atomic E-state index is 5.08. The molecule has 0 unspecified atom stereocenters. The molecule has 0 fully saturated rings. The molecule has 0 saturated heterocycles. The zero-order valence-electron chi connectivity index (χ0n) is 3.04. The number of hydrogen-bond donors (Lipinski definition) is 0. The van der Waals surface area contributed by atoms with Crippen LogP contribution in [0.3, 0.4) is 0 Å². The summed E-state index contributed by atoms with van der Waals surface area (Å²) in [5, 5.41) is 0. The van der Waals surface area contributed by atoms with Crippen LogP contribution in [-0.2, 0) is 3.07 Å². The first-order valence-corrected chi connectivity index (χ1v) is 4.64. The van der Waals surface area contributed by atoms with Gasteiger partial charge in [0.05, 0.1) is 0 Å². The molecular weight excluding hydrogens is 253 g/mol. The SMILES string of the molecule is ClC(Cl)(Cl)[O][SnH3]. The average molecular weight is 256 g/mol. The number of halogens is 3. The van der Waals surface area contributed by atoms with E-state index in [2.05, 4.69) is 3.07 Å². The van der Waals surface area contributed by atoms with Gasteiger partial charge in [-0.3, -0.25) is 0 Å². The Balaban J connectivity index is 3.17. The van der Waals surface area contributed by atoms with Crippen molar-refractivity contribution < 1.29 is 3.07 Å². The van der Waals surface area contributed by atoms with Crippen LogP contribution in [0.15, 0.2) is 0 Å². The molecule has 0 aliphatic carbocycles. The molecule has 0 aliphatic rings. The third-order valence-electron chi connectivity index (χ3n) is 0.231. The Morgan fingerprint density at radius 3 is 1.50 bits per heavy atom. The van der Waals surface area contributed by atoms with Gasteiger partial charge in [-0.25, -0.2) is 0 Å². The molecule has 0 saturated carbocycles. The summed E-state index contributed by atoms with van der Waals surface area (Å²) in [7, 11) is 0. The second-order valence-corrected chi connectivity index (χ2v) is 3.99. The zero-order valence-corrected chi connectivity index (χ0v) is 11.0. The summed E-state index contributed by atoms with van der Waals surface area (Å²) >= 11 is 15.2. The van der Waals surface area contributed by atoms with Crippen molar-refractivity contribution in [2.45, 2.75) is 3.98 Å². The van der Waals surface area contributed by atoms with E-state index in [1.807, 2.05) is 0 Å². The van der Waals surface area contributed by atoms with Gasteiger partial charge in [0.25, 0.3) is 0 Å². The average Bonchev–Trinajstić information content (AvgIpc) is 1.35. The fourth-order valence-electron chi connectivity index (χ4n) is 0. The van der Waals surface area contributed by atoms with Crippen molar-refractivity contribution >= 4 is 57.7 Å². The Morgan fingerprint density at radius 1 is 1.33 bits per heavy atom. The monoisotopic (exact) mass is 256 g/mol. The van der Waals surface area contributed by atoms with Crippen molar-refractivity contribution in [2.24, 2.45) is 0 Å². The van der Waals surface area contributed by atoms with Crippen LogP contribution in [-0.4, -0.2) is 26.9 Å². The molecule has 0 aliphatic heterocycles. The molecule has 0 amide bonds. The Morgan fingerprint density at radius 2 is 1.50 bits per heavy atom. The van der Waals surface area contributed by atoms with Gasteiger partial charge in [-0.15, -0.1) is 0 Å². The molecule has 0 aromatic rings. The molecule has 0 N–H and O–H groups in total. The summed E-state index contributed by atoms with van der Waals surface area (Å²) in [5.41, 5.74) is 0. The van der Waals surface area contributed by atoms with Crippen molar-refractivity contribution in [3.8, 4) is 0 Å². The van der Waals surface area contributed by atoms with Crippen LogP contribution in [0, 0.1) is 0 Å². The van der Waals surface area contributed by atoms with E-state index in [1.54, 1.807) is 0 Å². The molecule has 0 atom stereocenters. The molecular formula is CH3Cl3OSn. The minimum absolute atomic E-state index is 0.0117. The van der Waals surface area contributed by atoms with Crippen molar-refractivity contribution in [2.75, 3.05) is 0 Å². The molecule has 0 heterocycles. The van der Waals surface area contributed by atoms with Crippen molar-refractivity contribution in [1.29, 1.82) is 0 Å². The van der Waals surface area contributed by atoms with Crippen LogP contribution >= 0.6 is 34.8 Å². The van der Waals surface area contributed by atoms with Crippen molar-refractivity contribution in [3.05, 3.63) is 0 Å². The van der Waals surface area contributed by atoms with E-state index in [1.165, 1.54) is 0 Å². The van der Waals surface area contributed by atoms with Gasteiger partial charge in [-0.05, 0) is 0 Å². The first-order chi connectivity index (χ1) is 2.56. The Bertz CT molecular complexity index is 40.5. The molecule has 1 nitrogen and oxygen atoms in total. The predicted molar refractivity (Wildman–Crippen MR) is 31.3 cm³/mol. The Labute approximate surface area is 64.5 Å². The van der Waals surface area contributed by atoms with Gasteiger partial charge in [-0.1, -0.05) is 0 Å². The molecule has 38 valence electrons. The molecule has 5 heteroatoms. The normalized spacial score (nSPS) is 12.5. The summed E-state index contributed by atoms with van der Waals surface area (Å²) in [5.74, 6) is 0. The topological polar surface area (TPSA) is 9.23 Å². The van der Waals surface area contributed by atoms with E-state index in [0.29, 0.717) is 0 Å². The van der Waals surface area contributed by atoms with Crippen molar-refractivity contribution in [3.63, 3.8) is 0 Å². The van der Waals surface area contributed by atoms with Gasteiger partial charge in [0.15, 0.2) is 0 Å². The van der Waals surface area contributed by atoms with Gasteiger partial charge >= 0.3 is 64.8 Å². The van der Waals surface area contributed by atoms with Crippen LogP contribution in [0.5, 0.6) is 0 Å². The molecule has 0 radical (unpaired) electrons. The second-order valence-electron chi connectivity index (χ2n) is 0.650. The fourth-order valence-corrected chi connectivity index (χ4v) is 0. The third-order valence-corrected chi connectivity index (χ3v) is 4.66. The summed E-state index contributed by atoms with van der Waals surface area (Å²) < 4.78 is 3.00. The first kappa shape index (κ1) is 7.63. The molecule has 6 heavy (non-hydrogen) atoms. The van der Waals surface area contributed by atoms with Crippen LogP contribution in [0.25, 0.3) is 0 Å². The zero-order chi connectivity index (χ0) is 5.21. The molecule has 0 aromatic carbocycles. The fraction of sp³-hybridized carbons (Fsp3) is 1.00. The van der Waals surface area contributed by atoms with Crippen LogP contribution < -0.4 is 0 Å². The van der Waals surface area contributed by atoms with E-state index < -0.39 is 3.98 Å². The quantitative estimate of drug-likeness (QED) is 0.456. The van der Waals surface area contributed by atoms with E-state index in [4.69, 9.17) is 34.8 Å². The summed E-state index contributed by atoms with van der Waals surface area (Å²) in [4.78, 5) is 0. The molecule has 0 spiro atoms. The van der Waals surface area contributed by atoms with Gasteiger partial charge in [0.2, 0.25) is 0 Å². The first-order valence-electron chi connectivity index (χ1n) is 1.18. The van der Waals surface area contributed by atoms with Gasteiger partial charge in [-0.2, -0.15) is 0 Å². The van der Waals surface area contributed by atoms with Gasteiger partial charge in [0, 0.05) is 0 Å². The van der Waals surface area contributed by atoms with Crippen LogP contribution in [0.1, 0.15) is 0 Å². The van der Waals surface area contributed by atoms with Crippen LogP contribution in [0.2, 0.25) is 0 Å². The second kappa shape index (κ2) is 2.82. The summed E-state index contributed by atoms with van der Waals surface area (Å²) in [6.07, 6.45) is 0. The Kier molecular flexibility index (Phi) is 3.59. The standard InChI is InChI=1S/CCl3O.Sn.3H/c2-1(3,4)5;;;;/q-1;+1;;;. The number of alkyl halides is 3. The van der Waals surface area contributed by atoms with E-state index in [9.17, 15) is 0 Å². The Hall–Kier alpha value is 1.63. The van der Waals surface area contributed by atoms with E-state index in [0.717, 1.165) is 0 Å². The summed E-state index contributed by atoms with van der Waals surface area (Å²) in [6.45, 7) is 0. The molecule has 0 bridgehead atoms. The van der Waals surface area contributed by atoms with Crippen molar-refractivity contribution in [1.82, 2.24) is 0 Å². The molecule has 0 aromatic heterocycles. The van der Waals surface area contributed by atoms with E-state index in [-0.39, 0.29) is 22.9 Å². The number of hydrogen-bond acceptors (Lipinski definition) is 1. The van der Waals surface area contributed by atoms with Crippen LogP contribution in [0.4, 0.5) is 0 Å². The predicted octanol–water partition coefficient (Wildman–Crippen LogP) is 0.611. The third kappa shape index (κ3) is 5.63. The van der Waals surface area contributed by atoms with E-state index >= 15 is 0 Å². The maximum atomic E-state index is 5.08. The number of rotatable bonds is 0. The molecule has 0 rings (SSSR count). The minimum atomic E-state index is -1.45. The van der Waals surface area contributed by atoms with Gasteiger partial charge < -0.3 is 0 Å².